The van der Waals surface area contributed by atoms with Crippen LogP contribution < -0.4 is 15.6 Å². The SMILES string of the molecule is COCCCn1cc(C(=O)c2cc(F)ccc2OCC(=O)Nc2c(C)cccc2C)cc(C#N)c1=O. The smallest absolute Gasteiger partial charge is 0.268 e. The largest absolute Gasteiger partial charge is 0.483 e. The molecular formula is C27H26FN3O5. The number of benzene rings is 2. The highest BCUT2D eigenvalue weighted by Crippen LogP contribution is 2.24. The fourth-order valence-electron chi connectivity index (χ4n) is 3.68. The summed E-state index contributed by atoms with van der Waals surface area (Å²) in [6.07, 6.45) is 1.81. The van der Waals surface area contributed by atoms with Crippen LogP contribution in [0.3, 0.4) is 0 Å². The molecule has 2 aromatic carbocycles. The van der Waals surface area contributed by atoms with Crippen molar-refractivity contribution in [2.75, 3.05) is 25.6 Å². The van der Waals surface area contributed by atoms with Crippen molar-refractivity contribution in [1.82, 2.24) is 4.57 Å². The lowest BCUT2D eigenvalue weighted by molar-refractivity contribution is -0.118. The van der Waals surface area contributed by atoms with E-state index < -0.39 is 29.7 Å². The molecular weight excluding hydrogens is 465 g/mol. The molecule has 9 heteroatoms. The summed E-state index contributed by atoms with van der Waals surface area (Å²) in [7, 11) is 1.53. The average molecular weight is 492 g/mol. The van der Waals surface area contributed by atoms with Crippen LogP contribution in [0.1, 0.15) is 39.0 Å². The highest BCUT2D eigenvalue weighted by molar-refractivity contribution is 6.10. The lowest BCUT2D eigenvalue weighted by atomic mass is 10.0. The third-order valence-electron chi connectivity index (χ3n) is 5.51. The number of rotatable bonds is 10. The molecule has 1 N–H and O–H groups in total. The summed E-state index contributed by atoms with van der Waals surface area (Å²) in [5, 5.41) is 12.2. The maximum atomic E-state index is 14.1. The van der Waals surface area contributed by atoms with Gasteiger partial charge in [0.1, 0.15) is 23.2 Å². The third kappa shape index (κ3) is 6.23. The molecule has 0 atom stereocenters. The minimum absolute atomic E-state index is 0.00584. The molecule has 0 spiro atoms. The number of aryl methyl sites for hydroxylation is 3. The molecule has 0 unspecified atom stereocenters. The Kier molecular flexibility index (Phi) is 8.71. The summed E-state index contributed by atoms with van der Waals surface area (Å²) in [6, 6.07) is 11.9. The lowest BCUT2D eigenvalue weighted by Gasteiger charge is -2.14. The molecule has 0 fully saturated rings. The number of carbonyl (C=O) groups excluding carboxylic acids is 2. The second-order valence-corrected chi connectivity index (χ2v) is 8.17. The van der Waals surface area contributed by atoms with E-state index in [0.717, 1.165) is 23.3 Å². The van der Waals surface area contributed by atoms with E-state index in [1.807, 2.05) is 32.0 Å². The van der Waals surface area contributed by atoms with E-state index in [2.05, 4.69) is 5.32 Å². The van der Waals surface area contributed by atoms with Gasteiger partial charge >= 0.3 is 0 Å². The predicted octanol–water partition coefficient (Wildman–Crippen LogP) is 3.76. The molecule has 0 aliphatic heterocycles. The molecule has 0 bridgehead atoms. The zero-order chi connectivity index (χ0) is 26.2. The quantitative estimate of drug-likeness (QED) is 0.342. The molecule has 0 saturated carbocycles. The molecule has 3 aromatic rings. The van der Waals surface area contributed by atoms with Gasteiger partial charge in [-0.25, -0.2) is 4.39 Å². The Morgan fingerprint density at radius 1 is 1.14 bits per heavy atom. The normalized spacial score (nSPS) is 10.5. The van der Waals surface area contributed by atoms with Gasteiger partial charge in [-0.3, -0.25) is 14.4 Å². The van der Waals surface area contributed by atoms with E-state index >= 15 is 0 Å². The standard InChI is InChI=1S/C27H26FN3O5/c1-17-6-4-7-18(2)25(17)30-24(32)16-36-23-9-8-21(28)13-22(23)26(33)20-12-19(14-29)27(34)31(15-20)10-5-11-35-3/h4,6-9,12-13,15H,5,10-11,16H2,1-3H3,(H,30,32). The van der Waals surface area contributed by atoms with Gasteiger partial charge in [0.25, 0.3) is 11.5 Å². The number of nitriles is 1. The lowest BCUT2D eigenvalue weighted by Crippen LogP contribution is -2.25. The Bertz CT molecular complexity index is 1370. The number of ether oxygens (including phenoxy) is 2. The molecule has 0 aliphatic carbocycles. The Labute approximate surface area is 207 Å². The summed E-state index contributed by atoms with van der Waals surface area (Å²) in [4.78, 5) is 38.3. The van der Waals surface area contributed by atoms with Crippen LogP contribution in [0.5, 0.6) is 5.75 Å². The van der Waals surface area contributed by atoms with Crippen LogP contribution in [-0.2, 0) is 16.1 Å². The zero-order valence-corrected chi connectivity index (χ0v) is 20.3. The number of aromatic nitrogens is 1. The number of pyridine rings is 1. The minimum atomic E-state index is -0.681. The second kappa shape index (κ2) is 11.9. The second-order valence-electron chi connectivity index (χ2n) is 8.17. The molecule has 1 aromatic heterocycles. The maximum absolute atomic E-state index is 14.1. The van der Waals surface area contributed by atoms with Crippen molar-refractivity contribution >= 4 is 17.4 Å². The number of nitrogens with one attached hydrogen (secondary N) is 1. The average Bonchev–Trinajstić information content (AvgIpc) is 2.86. The number of para-hydroxylation sites is 1. The van der Waals surface area contributed by atoms with Gasteiger partial charge in [0, 0.05) is 37.7 Å². The Balaban J connectivity index is 1.86. The molecule has 1 amide bonds. The van der Waals surface area contributed by atoms with Crippen molar-refractivity contribution in [3.63, 3.8) is 0 Å². The summed E-state index contributed by atoms with van der Waals surface area (Å²) < 4.78 is 25.9. The van der Waals surface area contributed by atoms with Crippen LogP contribution in [0, 0.1) is 31.0 Å². The molecule has 0 saturated heterocycles. The van der Waals surface area contributed by atoms with Crippen molar-refractivity contribution in [3.8, 4) is 11.8 Å². The summed E-state index contributed by atoms with van der Waals surface area (Å²) in [6.45, 7) is 3.93. The zero-order valence-electron chi connectivity index (χ0n) is 20.3. The van der Waals surface area contributed by atoms with Gasteiger partial charge < -0.3 is 19.4 Å². The Hall–Kier alpha value is -4.29. The number of nitrogens with zero attached hydrogens (tertiary/aromatic N) is 2. The van der Waals surface area contributed by atoms with Gasteiger partial charge in [0.05, 0.1) is 5.56 Å². The van der Waals surface area contributed by atoms with E-state index in [9.17, 15) is 24.0 Å². The first kappa shape index (κ1) is 26.3. The number of amides is 1. The van der Waals surface area contributed by atoms with Gasteiger partial charge in [0.2, 0.25) is 0 Å². The topological polar surface area (TPSA) is 110 Å². The van der Waals surface area contributed by atoms with Crippen molar-refractivity contribution < 1.29 is 23.5 Å². The van der Waals surface area contributed by atoms with Gasteiger partial charge in [0.15, 0.2) is 12.4 Å². The van der Waals surface area contributed by atoms with Crippen molar-refractivity contribution in [2.45, 2.75) is 26.8 Å². The van der Waals surface area contributed by atoms with Crippen LogP contribution in [-0.4, -0.2) is 36.6 Å². The molecule has 36 heavy (non-hydrogen) atoms. The van der Waals surface area contributed by atoms with E-state index in [1.54, 1.807) is 6.07 Å². The minimum Gasteiger partial charge on any atom is -0.483 e. The van der Waals surface area contributed by atoms with E-state index in [1.165, 1.54) is 30.0 Å². The number of hydrogen-bond acceptors (Lipinski definition) is 6. The highest BCUT2D eigenvalue weighted by atomic mass is 19.1. The van der Waals surface area contributed by atoms with Gasteiger partial charge in [-0.1, -0.05) is 18.2 Å². The van der Waals surface area contributed by atoms with E-state index in [4.69, 9.17) is 9.47 Å². The van der Waals surface area contributed by atoms with Crippen molar-refractivity contribution in [2.24, 2.45) is 0 Å². The Morgan fingerprint density at radius 2 is 1.86 bits per heavy atom. The molecule has 1 heterocycles. The molecule has 0 aliphatic rings. The number of methoxy groups -OCH3 is 1. The monoisotopic (exact) mass is 491 g/mol. The number of hydrogen-bond donors (Lipinski definition) is 1. The van der Waals surface area contributed by atoms with Crippen LogP contribution in [0.4, 0.5) is 10.1 Å². The van der Waals surface area contributed by atoms with Gasteiger partial charge in [-0.2, -0.15) is 5.26 Å². The molecule has 186 valence electrons. The van der Waals surface area contributed by atoms with Gasteiger partial charge in [-0.15, -0.1) is 0 Å². The van der Waals surface area contributed by atoms with Crippen molar-refractivity contribution in [1.29, 1.82) is 5.26 Å². The third-order valence-corrected chi connectivity index (χ3v) is 5.51. The maximum Gasteiger partial charge on any atom is 0.268 e. The fourth-order valence-corrected chi connectivity index (χ4v) is 3.68. The summed E-state index contributed by atoms with van der Waals surface area (Å²) >= 11 is 0. The van der Waals surface area contributed by atoms with Crippen LogP contribution in [0.2, 0.25) is 0 Å². The molecule has 0 radical (unpaired) electrons. The number of ketones is 1. The van der Waals surface area contributed by atoms with Gasteiger partial charge in [-0.05, 0) is 55.7 Å². The summed E-state index contributed by atoms with van der Waals surface area (Å²) in [5.74, 6) is -1.79. The number of carbonyl (C=O) groups is 2. The first-order chi connectivity index (χ1) is 17.2. The van der Waals surface area contributed by atoms with Crippen LogP contribution in [0.25, 0.3) is 0 Å². The predicted molar refractivity (Wildman–Crippen MR) is 132 cm³/mol. The number of halogens is 1. The van der Waals surface area contributed by atoms with E-state index in [0.29, 0.717) is 18.7 Å². The van der Waals surface area contributed by atoms with Crippen LogP contribution >= 0.6 is 0 Å². The van der Waals surface area contributed by atoms with E-state index in [-0.39, 0.29) is 29.0 Å². The molecule has 8 nitrogen and oxygen atoms in total. The summed E-state index contributed by atoms with van der Waals surface area (Å²) in [5.41, 5.74) is 1.56. The molecule has 3 rings (SSSR count). The number of anilines is 1. The van der Waals surface area contributed by atoms with Crippen LogP contribution in [0.15, 0.2) is 53.5 Å². The highest BCUT2D eigenvalue weighted by Gasteiger charge is 2.20. The van der Waals surface area contributed by atoms with Crippen molar-refractivity contribution in [3.05, 3.63) is 92.6 Å². The first-order valence-electron chi connectivity index (χ1n) is 11.2. The Morgan fingerprint density at radius 3 is 2.53 bits per heavy atom. The fraction of sp³-hybridized carbons (Fsp3) is 0.259. The first-order valence-corrected chi connectivity index (χ1v) is 11.2.